The molecule has 2 atom stereocenters. The van der Waals surface area contributed by atoms with E-state index in [0.29, 0.717) is 5.69 Å². The number of nitrogens with zero attached hydrogens (tertiary/aromatic N) is 1. The molecule has 1 aliphatic heterocycles. The number of carbonyl (C=O) groups is 2. The molecule has 3 heteroatoms. The van der Waals surface area contributed by atoms with E-state index in [1.807, 2.05) is 71.9 Å². The summed E-state index contributed by atoms with van der Waals surface area (Å²) in [5.74, 6) is -0.715. The van der Waals surface area contributed by atoms with E-state index in [4.69, 9.17) is 0 Å². The topological polar surface area (TPSA) is 37.4 Å². The van der Waals surface area contributed by atoms with E-state index in [1.54, 1.807) is 0 Å². The van der Waals surface area contributed by atoms with Crippen molar-refractivity contribution in [3.05, 3.63) is 30.3 Å². The number of anilines is 1. The van der Waals surface area contributed by atoms with Crippen LogP contribution in [0, 0.1) is 22.7 Å². The molecule has 3 nitrogen and oxygen atoms in total. The van der Waals surface area contributed by atoms with Crippen molar-refractivity contribution in [3.8, 4) is 0 Å². The van der Waals surface area contributed by atoms with Gasteiger partial charge in [0, 0.05) is 0 Å². The molecule has 0 radical (unpaired) electrons. The maximum Gasteiger partial charge on any atom is 0.238 e. The number of amides is 2. The molecule has 0 N–H and O–H groups in total. The maximum absolute atomic E-state index is 12.9. The monoisotopic (exact) mass is 287 g/mol. The molecular weight excluding hydrogens is 262 g/mol. The summed E-state index contributed by atoms with van der Waals surface area (Å²) < 4.78 is 0. The Morgan fingerprint density at radius 2 is 1.14 bits per heavy atom. The van der Waals surface area contributed by atoms with Crippen LogP contribution < -0.4 is 4.90 Å². The first-order valence-corrected chi connectivity index (χ1v) is 7.48. The van der Waals surface area contributed by atoms with Crippen LogP contribution in [0.15, 0.2) is 30.3 Å². The molecule has 1 aromatic rings. The first-order valence-electron chi connectivity index (χ1n) is 7.48. The third-order valence-electron chi connectivity index (χ3n) is 4.19. The highest BCUT2D eigenvalue weighted by Crippen LogP contribution is 2.48. The molecule has 1 aromatic carbocycles. The number of imide groups is 1. The van der Waals surface area contributed by atoms with Gasteiger partial charge in [-0.1, -0.05) is 59.7 Å². The molecular formula is C18H25NO2. The van der Waals surface area contributed by atoms with Gasteiger partial charge in [0.2, 0.25) is 11.8 Å². The van der Waals surface area contributed by atoms with Gasteiger partial charge in [-0.15, -0.1) is 0 Å². The largest absolute Gasteiger partial charge is 0.274 e. The second-order valence-corrected chi connectivity index (χ2v) is 8.03. The van der Waals surface area contributed by atoms with Crippen LogP contribution in [-0.2, 0) is 9.59 Å². The Morgan fingerprint density at radius 1 is 0.762 bits per heavy atom. The Kier molecular flexibility index (Phi) is 3.73. The van der Waals surface area contributed by atoms with E-state index in [2.05, 4.69) is 0 Å². The fraction of sp³-hybridized carbons (Fsp3) is 0.556. The average Bonchev–Trinajstić information content (AvgIpc) is 2.61. The van der Waals surface area contributed by atoms with Crippen molar-refractivity contribution in [1.82, 2.24) is 0 Å². The minimum atomic E-state index is -0.287. The number of para-hydroxylation sites is 1. The zero-order chi connectivity index (χ0) is 16.0. The lowest BCUT2D eigenvalue weighted by molar-refractivity contribution is -0.127. The highest BCUT2D eigenvalue weighted by Gasteiger charge is 2.56. The van der Waals surface area contributed by atoms with E-state index in [1.165, 1.54) is 4.90 Å². The molecule has 2 rings (SSSR count). The quantitative estimate of drug-likeness (QED) is 0.735. The molecule has 1 heterocycles. The molecule has 0 bridgehead atoms. The summed E-state index contributed by atoms with van der Waals surface area (Å²) in [5, 5.41) is 0. The SMILES string of the molecule is CC(C)(C)C1C(=O)N(c2ccccc2)C(=O)C1C(C)(C)C. The summed E-state index contributed by atoms with van der Waals surface area (Å²) >= 11 is 0. The molecule has 0 aromatic heterocycles. The van der Waals surface area contributed by atoms with Crippen molar-refractivity contribution >= 4 is 17.5 Å². The van der Waals surface area contributed by atoms with E-state index in [0.717, 1.165) is 0 Å². The van der Waals surface area contributed by atoms with Crippen LogP contribution in [0.2, 0.25) is 0 Å². The summed E-state index contributed by atoms with van der Waals surface area (Å²) in [6, 6.07) is 9.23. The molecule has 1 saturated heterocycles. The van der Waals surface area contributed by atoms with Crippen LogP contribution in [0.3, 0.4) is 0 Å². The fourth-order valence-corrected chi connectivity index (χ4v) is 3.24. The van der Waals surface area contributed by atoms with Gasteiger partial charge in [-0.2, -0.15) is 0 Å². The van der Waals surface area contributed by atoms with Crippen LogP contribution >= 0.6 is 0 Å². The van der Waals surface area contributed by atoms with E-state index in [-0.39, 0.29) is 34.5 Å². The highest BCUT2D eigenvalue weighted by atomic mass is 16.2. The normalized spacial score (nSPS) is 23.8. The smallest absolute Gasteiger partial charge is 0.238 e. The fourth-order valence-electron chi connectivity index (χ4n) is 3.24. The summed E-state index contributed by atoms with van der Waals surface area (Å²) in [4.78, 5) is 27.2. The molecule has 0 saturated carbocycles. The number of hydrogen-bond acceptors (Lipinski definition) is 2. The maximum atomic E-state index is 12.9. The van der Waals surface area contributed by atoms with Crippen molar-refractivity contribution in [2.45, 2.75) is 41.5 Å². The summed E-state index contributed by atoms with van der Waals surface area (Å²) in [7, 11) is 0. The number of carbonyl (C=O) groups excluding carboxylic acids is 2. The minimum absolute atomic E-state index is 0.0707. The summed E-state index contributed by atoms with van der Waals surface area (Å²) in [6.45, 7) is 12.2. The van der Waals surface area contributed by atoms with Crippen molar-refractivity contribution in [1.29, 1.82) is 0 Å². The van der Waals surface area contributed by atoms with Crippen molar-refractivity contribution in [2.24, 2.45) is 22.7 Å². The first kappa shape index (κ1) is 15.7. The molecule has 0 spiro atoms. The highest BCUT2D eigenvalue weighted by molar-refractivity contribution is 6.22. The van der Waals surface area contributed by atoms with Gasteiger partial charge in [0.25, 0.3) is 0 Å². The van der Waals surface area contributed by atoms with Crippen LogP contribution in [0.4, 0.5) is 5.69 Å². The van der Waals surface area contributed by atoms with Gasteiger partial charge in [0.05, 0.1) is 17.5 Å². The van der Waals surface area contributed by atoms with Crippen LogP contribution in [0.25, 0.3) is 0 Å². The van der Waals surface area contributed by atoms with Gasteiger partial charge >= 0.3 is 0 Å². The van der Waals surface area contributed by atoms with E-state index in [9.17, 15) is 9.59 Å². The summed E-state index contributed by atoms with van der Waals surface area (Å²) in [6.07, 6.45) is 0. The lowest BCUT2D eigenvalue weighted by atomic mass is 9.65. The zero-order valence-corrected chi connectivity index (χ0v) is 13.8. The Balaban J connectivity index is 2.53. The Morgan fingerprint density at radius 3 is 1.48 bits per heavy atom. The average molecular weight is 287 g/mol. The Bertz CT molecular complexity index is 517. The second kappa shape index (κ2) is 4.97. The number of benzene rings is 1. The van der Waals surface area contributed by atoms with Crippen LogP contribution in [0.5, 0.6) is 0 Å². The number of rotatable bonds is 1. The first-order chi connectivity index (χ1) is 9.55. The molecule has 1 aliphatic rings. The molecule has 1 fully saturated rings. The standard InChI is InChI=1S/C18H25NO2/c1-17(2,3)13-14(18(4,5)6)16(21)19(15(13)20)12-10-8-7-9-11-12/h7-11,13-14H,1-6H3. The minimum Gasteiger partial charge on any atom is -0.274 e. The molecule has 0 aliphatic carbocycles. The third kappa shape index (κ3) is 2.74. The van der Waals surface area contributed by atoms with Crippen molar-refractivity contribution in [2.75, 3.05) is 4.90 Å². The van der Waals surface area contributed by atoms with E-state index >= 15 is 0 Å². The predicted octanol–water partition coefficient (Wildman–Crippen LogP) is 3.88. The summed E-state index contributed by atoms with van der Waals surface area (Å²) in [5.41, 5.74) is 0.191. The van der Waals surface area contributed by atoms with Gasteiger partial charge in [-0.3, -0.25) is 14.5 Å². The molecule has 114 valence electrons. The number of hydrogen-bond donors (Lipinski definition) is 0. The van der Waals surface area contributed by atoms with Crippen LogP contribution in [-0.4, -0.2) is 11.8 Å². The van der Waals surface area contributed by atoms with Gasteiger partial charge in [0.1, 0.15) is 0 Å². The van der Waals surface area contributed by atoms with Crippen molar-refractivity contribution in [3.63, 3.8) is 0 Å². The molecule has 2 amide bonds. The van der Waals surface area contributed by atoms with Gasteiger partial charge in [-0.05, 0) is 23.0 Å². The van der Waals surface area contributed by atoms with Gasteiger partial charge in [0.15, 0.2) is 0 Å². The van der Waals surface area contributed by atoms with Crippen LogP contribution in [0.1, 0.15) is 41.5 Å². The lowest BCUT2D eigenvalue weighted by Gasteiger charge is -2.35. The lowest BCUT2D eigenvalue weighted by Crippen LogP contribution is -2.38. The predicted molar refractivity (Wildman–Crippen MR) is 84.8 cm³/mol. The van der Waals surface area contributed by atoms with Gasteiger partial charge < -0.3 is 0 Å². The zero-order valence-electron chi connectivity index (χ0n) is 13.8. The van der Waals surface area contributed by atoms with E-state index < -0.39 is 0 Å². The molecule has 21 heavy (non-hydrogen) atoms. The van der Waals surface area contributed by atoms with Gasteiger partial charge in [-0.25, -0.2) is 0 Å². The van der Waals surface area contributed by atoms with Crippen molar-refractivity contribution < 1.29 is 9.59 Å². The third-order valence-corrected chi connectivity index (χ3v) is 4.19. The Hall–Kier alpha value is -1.64. The second-order valence-electron chi connectivity index (χ2n) is 8.03. The molecule has 2 unspecified atom stereocenters. The Labute approximate surface area is 127 Å².